The molecule has 2 rings (SSSR count). The maximum Gasteiger partial charge on any atom is 0.534 e. The van der Waals surface area contributed by atoms with Crippen molar-refractivity contribution in [1.29, 1.82) is 0 Å². The molecule has 23 heavy (non-hydrogen) atoms. The highest BCUT2D eigenvalue weighted by molar-refractivity contribution is 7.88. The largest absolute Gasteiger partial charge is 0.534 e. The zero-order valence-corrected chi connectivity index (χ0v) is 12.6. The van der Waals surface area contributed by atoms with Crippen molar-refractivity contribution in [2.24, 2.45) is 7.05 Å². The van der Waals surface area contributed by atoms with E-state index in [0.717, 1.165) is 4.57 Å². The number of hydrogen-bond donors (Lipinski definition) is 0. The van der Waals surface area contributed by atoms with Crippen molar-refractivity contribution in [1.82, 2.24) is 14.8 Å². The van der Waals surface area contributed by atoms with Crippen LogP contribution >= 0.6 is 0 Å². The highest BCUT2D eigenvalue weighted by Gasteiger charge is 2.49. The molecule has 0 aromatic carbocycles. The highest BCUT2D eigenvalue weighted by atomic mass is 32.2. The molecule has 2 aromatic heterocycles. The Balaban J connectivity index is 2.71. The molecule has 0 spiro atoms. The Morgan fingerprint density at radius 1 is 1.39 bits per heavy atom. The first kappa shape index (κ1) is 17.0. The third kappa shape index (κ3) is 2.93. The Kier molecular flexibility index (Phi) is 4.20. The van der Waals surface area contributed by atoms with E-state index in [0.29, 0.717) is 0 Å². The molecule has 2 aromatic rings. The molecular formula is C11H10F3N3O5S. The van der Waals surface area contributed by atoms with Gasteiger partial charge in [-0.3, -0.25) is 0 Å². The molecule has 0 saturated carbocycles. The van der Waals surface area contributed by atoms with E-state index < -0.39 is 33.0 Å². The molecule has 0 N–H and O–H groups in total. The van der Waals surface area contributed by atoms with Gasteiger partial charge in [-0.05, 0) is 13.0 Å². The number of aryl methyl sites for hydroxylation is 1. The fraction of sp³-hybridized carbons (Fsp3) is 0.364. The Morgan fingerprint density at radius 3 is 2.61 bits per heavy atom. The fourth-order valence-corrected chi connectivity index (χ4v) is 2.28. The van der Waals surface area contributed by atoms with Crippen LogP contribution in [-0.4, -0.2) is 41.3 Å². The number of esters is 1. The summed E-state index contributed by atoms with van der Waals surface area (Å²) in [5, 5.41) is 6.99. The standard InChI is InChI=1S/C11H10F3N3O5S/c1-3-21-10(18)8-9(22-23(19,20)11(12,13)14)7-6(17(8)2)4-5-15-16-7/h4-5H,3H2,1-2H3. The van der Waals surface area contributed by atoms with Gasteiger partial charge in [0.05, 0.1) is 18.3 Å². The maximum atomic E-state index is 12.5. The summed E-state index contributed by atoms with van der Waals surface area (Å²) in [4.78, 5) is 11.9. The topological polar surface area (TPSA) is 100 Å². The summed E-state index contributed by atoms with van der Waals surface area (Å²) >= 11 is 0. The average molecular weight is 353 g/mol. The van der Waals surface area contributed by atoms with Crippen molar-refractivity contribution in [2.45, 2.75) is 12.4 Å². The van der Waals surface area contributed by atoms with Gasteiger partial charge in [0.25, 0.3) is 0 Å². The van der Waals surface area contributed by atoms with Crippen LogP contribution in [0.4, 0.5) is 13.2 Å². The smallest absolute Gasteiger partial charge is 0.461 e. The second-order valence-electron chi connectivity index (χ2n) is 4.21. The molecule has 0 aliphatic carbocycles. The van der Waals surface area contributed by atoms with Gasteiger partial charge >= 0.3 is 21.6 Å². The molecule has 8 nitrogen and oxygen atoms in total. The Labute approximate surface area is 127 Å². The lowest BCUT2D eigenvalue weighted by Crippen LogP contribution is -2.28. The van der Waals surface area contributed by atoms with Crippen LogP contribution in [0.5, 0.6) is 5.75 Å². The van der Waals surface area contributed by atoms with Gasteiger partial charge in [-0.15, -0.1) is 5.10 Å². The number of nitrogens with zero attached hydrogens (tertiary/aromatic N) is 3. The van der Waals surface area contributed by atoms with E-state index in [-0.39, 0.29) is 17.6 Å². The van der Waals surface area contributed by atoms with Crippen LogP contribution in [-0.2, 0) is 21.9 Å². The second-order valence-corrected chi connectivity index (χ2v) is 5.74. The molecule has 0 radical (unpaired) electrons. The number of aromatic nitrogens is 3. The molecule has 0 amide bonds. The minimum Gasteiger partial charge on any atom is -0.461 e. The summed E-state index contributed by atoms with van der Waals surface area (Å²) in [6, 6.07) is 1.33. The summed E-state index contributed by atoms with van der Waals surface area (Å²) in [6.07, 6.45) is 1.22. The Bertz CT molecular complexity index is 860. The van der Waals surface area contributed by atoms with E-state index in [1.807, 2.05) is 0 Å². The van der Waals surface area contributed by atoms with E-state index in [2.05, 4.69) is 14.4 Å². The van der Waals surface area contributed by atoms with Crippen LogP contribution < -0.4 is 4.18 Å². The average Bonchev–Trinajstić information content (AvgIpc) is 2.71. The van der Waals surface area contributed by atoms with Gasteiger partial charge in [-0.2, -0.15) is 26.7 Å². The minimum atomic E-state index is -5.99. The van der Waals surface area contributed by atoms with E-state index in [4.69, 9.17) is 4.74 Å². The SMILES string of the molecule is CCOC(=O)c1c(OS(=O)(=O)C(F)(F)F)c2nnccc2n1C. The number of ether oxygens (including phenoxy) is 1. The monoisotopic (exact) mass is 353 g/mol. The Morgan fingerprint density at radius 2 is 2.04 bits per heavy atom. The summed E-state index contributed by atoms with van der Waals surface area (Å²) in [6.45, 7) is 1.41. The maximum absolute atomic E-state index is 12.5. The van der Waals surface area contributed by atoms with Crippen LogP contribution in [0, 0.1) is 0 Å². The van der Waals surface area contributed by atoms with Crippen LogP contribution in [0.25, 0.3) is 11.0 Å². The van der Waals surface area contributed by atoms with E-state index in [1.54, 1.807) is 0 Å². The van der Waals surface area contributed by atoms with Gasteiger partial charge in [0.2, 0.25) is 5.75 Å². The minimum absolute atomic E-state index is 0.0719. The normalized spacial score (nSPS) is 12.4. The predicted molar refractivity (Wildman–Crippen MR) is 70.1 cm³/mol. The van der Waals surface area contributed by atoms with Gasteiger partial charge in [0.15, 0.2) is 11.2 Å². The summed E-state index contributed by atoms with van der Waals surface area (Å²) in [7, 11) is -4.67. The molecule has 0 aliphatic heterocycles. The zero-order valence-electron chi connectivity index (χ0n) is 11.8. The number of hydrogen-bond acceptors (Lipinski definition) is 7. The number of halogens is 3. The van der Waals surface area contributed by atoms with Crippen molar-refractivity contribution in [2.75, 3.05) is 6.61 Å². The molecule has 0 aliphatic rings. The third-order valence-electron chi connectivity index (χ3n) is 2.77. The second kappa shape index (κ2) is 5.68. The number of rotatable bonds is 4. The molecule has 12 heteroatoms. The van der Waals surface area contributed by atoms with Crippen molar-refractivity contribution in [3.8, 4) is 5.75 Å². The summed E-state index contributed by atoms with van der Waals surface area (Å²) in [5.41, 5.74) is -6.35. The summed E-state index contributed by atoms with van der Waals surface area (Å²) in [5.74, 6) is -1.94. The lowest BCUT2D eigenvalue weighted by Gasteiger charge is -2.10. The van der Waals surface area contributed by atoms with Crippen molar-refractivity contribution in [3.05, 3.63) is 18.0 Å². The van der Waals surface area contributed by atoms with Gasteiger partial charge in [0.1, 0.15) is 0 Å². The van der Waals surface area contributed by atoms with Gasteiger partial charge in [-0.1, -0.05) is 0 Å². The lowest BCUT2D eigenvalue weighted by atomic mass is 10.3. The zero-order chi connectivity index (χ0) is 17.4. The third-order valence-corrected chi connectivity index (χ3v) is 3.72. The van der Waals surface area contributed by atoms with Gasteiger partial charge in [-0.25, -0.2) is 4.79 Å². The van der Waals surface area contributed by atoms with Crippen molar-refractivity contribution in [3.63, 3.8) is 0 Å². The van der Waals surface area contributed by atoms with E-state index in [1.165, 1.54) is 26.2 Å². The summed E-state index contributed by atoms with van der Waals surface area (Å²) < 4.78 is 70.1. The molecule has 126 valence electrons. The van der Waals surface area contributed by atoms with Gasteiger partial charge in [0, 0.05) is 7.05 Å². The molecule has 2 heterocycles. The fourth-order valence-electron chi connectivity index (χ4n) is 1.81. The molecule has 0 bridgehead atoms. The van der Waals surface area contributed by atoms with Crippen molar-refractivity contribution < 1.29 is 35.3 Å². The highest BCUT2D eigenvalue weighted by Crippen LogP contribution is 2.35. The number of fused-ring (bicyclic) bond motifs is 1. The van der Waals surface area contributed by atoms with Crippen molar-refractivity contribution >= 4 is 27.1 Å². The molecule has 0 saturated heterocycles. The molecule has 0 unspecified atom stereocenters. The van der Waals surface area contributed by atoms with E-state index in [9.17, 15) is 26.4 Å². The van der Waals surface area contributed by atoms with Crippen LogP contribution in [0.3, 0.4) is 0 Å². The van der Waals surface area contributed by atoms with Gasteiger partial charge < -0.3 is 13.5 Å². The first-order valence-corrected chi connectivity index (χ1v) is 7.49. The van der Waals surface area contributed by atoms with Crippen LogP contribution in [0.2, 0.25) is 0 Å². The predicted octanol–water partition coefficient (Wildman–Crippen LogP) is 1.37. The number of alkyl halides is 3. The number of carbonyl (C=O) groups is 1. The van der Waals surface area contributed by atoms with E-state index >= 15 is 0 Å². The lowest BCUT2D eigenvalue weighted by molar-refractivity contribution is -0.0500. The molecular weight excluding hydrogens is 343 g/mol. The molecule has 0 atom stereocenters. The van der Waals surface area contributed by atoms with Crippen LogP contribution in [0.15, 0.2) is 12.3 Å². The quantitative estimate of drug-likeness (QED) is 0.465. The first-order chi connectivity index (χ1) is 10.6. The van der Waals surface area contributed by atoms with Crippen LogP contribution in [0.1, 0.15) is 17.4 Å². The number of carbonyl (C=O) groups excluding carboxylic acids is 1. The molecule has 0 fully saturated rings. The first-order valence-electron chi connectivity index (χ1n) is 6.08. The Hall–Kier alpha value is -2.37.